The number of hydrogen-bond donors (Lipinski definition) is 2. The summed E-state index contributed by atoms with van der Waals surface area (Å²) in [7, 11) is 0. The molecule has 7 heteroatoms. The number of aromatic nitrogens is 5. The Morgan fingerprint density at radius 1 is 1.28 bits per heavy atom. The molecule has 0 amide bonds. The normalized spacial score (nSPS) is 11.4. The Morgan fingerprint density at radius 2 is 2.17 bits per heavy atom. The van der Waals surface area contributed by atoms with Gasteiger partial charge in [0, 0.05) is 13.2 Å². The first kappa shape index (κ1) is 10.8. The Hall–Kier alpha value is -2.28. The number of rotatable bonds is 3. The molecule has 0 radical (unpaired) electrons. The molecule has 0 aromatic carbocycles. The summed E-state index contributed by atoms with van der Waals surface area (Å²) in [5.74, 6) is 0.402. The molecule has 0 bridgehead atoms. The van der Waals surface area contributed by atoms with Crippen LogP contribution in [0.1, 0.15) is 6.42 Å². The first-order valence-corrected chi connectivity index (χ1v) is 5.62. The highest BCUT2D eigenvalue weighted by atomic mass is 16.3. The van der Waals surface area contributed by atoms with Gasteiger partial charge in [-0.05, 0) is 12.5 Å². The van der Waals surface area contributed by atoms with Crippen LogP contribution in [0.2, 0.25) is 0 Å². The molecule has 7 nitrogen and oxygen atoms in total. The molecular formula is C11H12N6O. The van der Waals surface area contributed by atoms with E-state index in [1.807, 2.05) is 10.6 Å². The average Bonchev–Trinajstić information content (AvgIpc) is 2.77. The molecule has 0 atom stereocenters. The van der Waals surface area contributed by atoms with Gasteiger partial charge in [0.05, 0.1) is 11.7 Å². The van der Waals surface area contributed by atoms with Crippen LogP contribution in [0.15, 0.2) is 18.7 Å². The number of fused-ring (bicyclic) bond motifs is 2. The average molecular weight is 244 g/mol. The first-order chi connectivity index (χ1) is 8.79. The van der Waals surface area contributed by atoms with Gasteiger partial charge in [-0.15, -0.1) is 0 Å². The summed E-state index contributed by atoms with van der Waals surface area (Å²) >= 11 is 0. The van der Waals surface area contributed by atoms with E-state index in [1.54, 1.807) is 6.33 Å². The fraction of sp³-hybridized carbons (Fsp3) is 0.273. The third-order valence-corrected chi connectivity index (χ3v) is 2.78. The lowest BCUT2D eigenvalue weighted by Gasteiger charge is -2.03. The van der Waals surface area contributed by atoms with Crippen LogP contribution in [-0.4, -0.2) is 36.2 Å². The van der Waals surface area contributed by atoms with E-state index in [9.17, 15) is 0 Å². The molecule has 0 saturated carbocycles. The smallest absolute Gasteiger partial charge is 0.167 e. The van der Waals surface area contributed by atoms with Crippen molar-refractivity contribution in [1.82, 2.24) is 24.5 Å². The van der Waals surface area contributed by atoms with Crippen molar-refractivity contribution in [1.29, 1.82) is 0 Å². The molecule has 0 aliphatic heterocycles. The number of hydrogen-bond acceptors (Lipinski definition) is 6. The summed E-state index contributed by atoms with van der Waals surface area (Å²) in [5.41, 5.74) is 7.83. The molecule has 3 heterocycles. The maximum atomic E-state index is 8.85. The van der Waals surface area contributed by atoms with Gasteiger partial charge in [-0.1, -0.05) is 0 Å². The number of nitrogens with zero attached hydrogens (tertiary/aromatic N) is 5. The zero-order chi connectivity index (χ0) is 12.5. The molecule has 18 heavy (non-hydrogen) atoms. The quantitative estimate of drug-likeness (QED) is 0.688. The minimum absolute atomic E-state index is 0.141. The van der Waals surface area contributed by atoms with Crippen molar-refractivity contribution in [2.24, 2.45) is 0 Å². The molecule has 3 aromatic heterocycles. The highest BCUT2D eigenvalue weighted by molar-refractivity contribution is 5.93. The summed E-state index contributed by atoms with van der Waals surface area (Å²) in [6.45, 7) is 0.814. The van der Waals surface area contributed by atoms with Crippen LogP contribution in [0, 0.1) is 0 Å². The zero-order valence-corrected chi connectivity index (χ0v) is 9.61. The summed E-state index contributed by atoms with van der Waals surface area (Å²) in [4.78, 5) is 16.7. The van der Waals surface area contributed by atoms with Crippen molar-refractivity contribution in [2.75, 3.05) is 12.3 Å². The van der Waals surface area contributed by atoms with Crippen molar-refractivity contribution in [3.05, 3.63) is 18.7 Å². The van der Waals surface area contributed by atoms with Gasteiger partial charge in [0.2, 0.25) is 0 Å². The second-order valence-electron chi connectivity index (χ2n) is 3.98. The largest absolute Gasteiger partial charge is 0.396 e. The van der Waals surface area contributed by atoms with Gasteiger partial charge in [-0.3, -0.25) is 0 Å². The van der Waals surface area contributed by atoms with E-state index in [4.69, 9.17) is 10.8 Å². The summed E-state index contributed by atoms with van der Waals surface area (Å²) in [5, 5.41) is 9.56. The number of nitrogen functional groups attached to an aromatic ring is 1. The minimum atomic E-state index is 0.141. The minimum Gasteiger partial charge on any atom is -0.396 e. The van der Waals surface area contributed by atoms with E-state index in [0.717, 1.165) is 11.2 Å². The summed E-state index contributed by atoms with van der Waals surface area (Å²) in [6, 6.07) is 1.84. The number of pyridine rings is 1. The van der Waals surface area contributed by atoms with Crippen molar-refractivity contribution in [3.63, 3.8) is 0 Å². The van der Waals surface area contributed by atoms with Crippen LogP contribution < -0.4 is 5.73 Å². The second-order valence-corrected chi connectivity index (χ2v) is 3.98. The van der Waals surface area contributed by atoms with Gasteiger partial charge in [-0.2, -0.15) is 0 Å². The lowest BCUT2D eigenvalue weighted by atomic mass is 10.3. The van der Waals surface area contributed by atoms with Gasteiger partial charge in [0.25, 0.3) is 0 Å². The van der Waals surface area contributed by atoms with Crippen LogP contribution >= 0.6 is 0 Å². The Morgan fingerprint density at radius 3 is 3.00 bits per heavy atom. The number of imidazole rings is 1. The molecule has 0 saturated heterocycles. The van der Waals surface area contributed by atoms with Crippen LogP contribution in [0.5, 0.6) is 0 Å². The highest BCUT2D eigenvalue weighted by Crippen LogP contribution is 2.20. The molecule has 0 spiro atoms. The van der Waals surface area contributed by atoms with Crippen LogP contribution in [-0.2, 0) is 6.54 Å². The topological polar surface area (TPSA) is 103 Å². The third kappa shape index (κ3) is 1.65. The Kier molecular flexibility index (Phi) is 2.52. The number of aliphatic hydroxyl groups is 1. The molecule has 0 unspecified atom stereocenters. The number of nitrogens with two attached hydrogens (primary N) is 1. The Balaban J connectivity index is 2.21. The molecule has 0 aliphatic carbocycles. The maximum Gasteiger partial charge on any atom is 0.167 e. The zero-order valence-electron chi connectivity index (χ0n) is 9.61. The van der Waals surface area contributed by atoms with Gasteiger partial charge >= 0.3 is 0 Å². The third-order valence-electron chi connectivity index (χ3n) is 2.78. The SMILES string of the molecule is Nc1ncnc2nc3c(cc12)ncn3CCCO. The highest BCUT2D eigenvalue weighted by Gasteiger charge is 2.09. The number of aryl methyl sites for hydroxylation is 1. The van der Waals surface area contributed by atoms with Gasteiger partial charge in [-0.25, -0.2) is 19.9 Å². The molecule has 3 aromatic rings. The van der Waals surface area contributed by atoms with Crippen molar-refractivity contribution < 1.29 is 5.11 Å². The van der Waals surface area contributed by atoms with E-state index in [0.29, 0.717) is 29.8 Å². The van der Waals surface area contributed by atoms with E-state index in [-0.39, 0.29) is 6.61 Å². The van der Waals surface area contributed by atoms with Crippen molar-refractivity contribution in [2.45, 2.75) is 13.0 Å². The van der Waals surface area contributed by atoms with E-state index >= 15 is 0 Å². The number of anilines is 1. The van der Waals surface area contributed by atoms with E-state index in [2.05, 4.69) is 19.9 Å². The Labute approximate surface area is 102 Å². The second kappa shape index (κ2) is 4.19. The van der Waals surface area contributed by atoms with Gasteiger partial charge in [0.1, 0.15) is 17.7 Å². The Bertz CT molecular complexity index is 707. The molecule has 0 fully saturated rings. The number of aliphatic hydroxyl groups excluding tert-OH is 1. The van der Waals surface area contributed by atoms with Crippen molar-refractivity contribution in [3.8, 4) is 0 Å². The van der Waals surface area contributed by atoms with Gasteiger partial charge in [0.15, 0.2) is 11.3 Å². The molecule has 0 aliphatic rings. The summed E-state index contributed by atoms with van der Waals surface area (Å²) < 4.78 is 1.89. The lowest BCUT2D eigenvalue weighted by molar-refractivity contribution is 0.280. The standard InChI is InChI=1S/C11H12N6O/c12-9-7-4-8-11(16-10(7)14-5-13-9)17(6-15-8)2-1-3-18/h4-6,18H,1-3H2,(H2,12,13,14,16). The fourth-order valence-corrected chi connectivity index (χ4v) is 1.88. The maximum absolute atomic E-state index is 8.85. The predicted molar refractivity (Wildman–Crippen MR) is 66.7 cm³/mol. The first-order valence-electron chi connectivity index (χ1n) is 5.62. The molecular weight excluding hydrogens is 232 g/mol. The van der Waals surface area contributed by atoms with Gasteiger partial charge < -0.3 is 15.4 Å². The molecule has 92 valence electrons. The monoisotopic (exact) mass is 244 g/mol. The molecule has 3 rings (SSSR count). The van der Waals surface area contributed by atoms with Crippen LogP contribution in [0.4, 0.5) is 5.82 Å². The predicted octanol–water partition coefficient (Wildman–Crippen LogP) is 0.339. The fourth-order valence-electron chi connectivity index (χ4n) is 1.88. The summed E-state index contributed by atoms with van der Waals surface area (Å²) in [6.07, 6.45) is 3.76. The molecule has 3 N–H and O–H groups in total. The van der Waals surface area contributed by atoms with Crippen LogP contribution in [0.25, 0.3) is 22.2 Å². The van der Waals surface area contributed by atoms with E-state index in [1.165, 1.54) is 6.33 Å². The van der Waals surface area contributed by atoms with Crippen LogP contribution in [0.3, 0.4) is 0 Å². The lowest BCUT2D eigenvalue weighted by Crippen LogP contribution is -2.01. The van der Waals surface area contributed by atoms with Crippen molar-refractivity contribution >= 4 is 28.0 Å². The van der Waals surface area contributed by atoms with E-state index < -0.39 is 0 Å².